The summed E-state index contributed by atoms with van der Waals surface area (Å²) in [6, 6.07) is -0.889. The monoisotopic (exact) mass is 267 g/mol. The van der Waals surface area contributed by atoms with Gasteiger partial charge in [0.05, 0.1) is 12.5 Å². The summed E-state index contributed by atoms with van der Waals surface area (Å²) in [4.78, 5) is 10.3. The highest BCUT2D eigenvalue weighted by Crippen LogP contribution is 2.10. The maximum Gasteiger partial charge on any atom is 0.321 e. The van der Waals surface area contributed by atoms with E-state index in [1.165, 1.54) is 11.8 Å². The van der Waals surface area contributed by atoms with E-state index in [9.17, 15) is 9.35 Å². The Balaban J connectivity index is 0.000000487. The van der Waals surface area contributed by atoms with Crippen LogP contribution in [0.25, 0.3) is 0 Å². The Morgan fingerprint density at radius 2 is 2.31 bits per heavy atom. The highest BCUT2D eigenvalue weighted by Gasteiger charge is 2.12. The van der Waals surface area contributed by atoms with Crippen LogP contribution >= 0.6 is 11.8 Å². The van der Waals surface area contributed by atoms with Crippen molar-refractivity contribution in [3.63, 3.8) is 0 Å². The Kier molecular flexibility index (Phi) is 7.89. The molecule has 1 rings (SSSR count). The fraction of sp³-hybridized carbons (Fsp3) is 0.667. The third-order valence-electron chi connectivity index (χ3n) is 1.04. The first-order valence-electron chi connectivity index (χ1n) is 4.03. The number of tetrazole rings is 1. The number of nitrogens with zero attached hydrogens (tertiary/aromatic N) is 3. The average molecular weight is 267 g/mol. The van der Waals surface area contributed by atoms with E-state index < -0.39 is 23.2 Å². The number of carboxylic acids is 1. The molecule has 0 radical (unpaired) electrons. The lowest BCUT2D eigenvalue weighted by molar-refractivity contribution is -0.137. The van der Waals surface area contributed by atoms with Crippen LogP contribution in [0.4, 0.5) is 0 Å². The van der Waals surface area contributed by atoms with Crippen LogP contribution < -0.4 is 5.73 Å². The summed E-state index contributed by atoms with van der Waals surface area (Å²) in [6.45, 7) is 0. The van der Waals surface area contributed by atoms with Crippen LogP contribution in [-0.2, 0) is 16.0 Å². The Bertz CT molecular complexity index is 292. The minimum atomic E-state index is -1.03. The van der Waals surface area contributed by atoms with Crippen LogP contribution in [-0.4, -0.2) is 60.6 Å². The van der Waals surface area contributed by atoms with Crippen molar-refractivity contribution in [3.05, 3.63) is 0 Å². The van der Waals surface area contributed by atoms with E-state index in [4.69, 9.17) is 10.8 Å². The van der Waals surface area contributed by atoms with Gasteiger partial charge >= 0.3 is 5.97 Å². The van der Waals surface area contributed by atoms with Crippen LogP contribution in [0, 0.1) is 0 Å². The molecule has 0 spiro atoms. The minimum Gasteiger partial charge on any atom is -0.617 e. The average Bonchev–Trinajstić information content (AvgIpc) is 2.65. The van der Waals surface area contributed by atoms with Gasteiger partial charge in [0.1, 0.15) is 6.04 Å². The number of carbonyl (C=O) groups is 1. The van der Waals surface area contributed by atoms with Gasteiger partial charge in [0.2, 0.25) is 5.16 Å². The van der Waals surface area contributed by atoms with Crippen molar-refractivity contribution < 1.29 is 14.5 Å². The molecule has 92 valence electrons. The van der Waals surface area contributed by atoms with Crippen molar-refractivity contribution in [2.75, 3.05) is 18.3 Å². The Morgan fingerprint density at radius 1 is 1.75 bits per heavy atom. The Morgan fingerprint density at radius 3 is 2.69 bits per heavy atom. The first kappa shape index (κ1) is 15.2. The molecule has 0 unspecified atom stereocenters. The maximum atomic E-state index is 10.3. The number of carboxylic acid groups (broad SMARTS) is 1. The van der Waals surface area contributed by atoms with Crippen LogP contribution in [0.5, 0.6) is 0 Å². The molecule has 0 saturated carbocycles. The van der Waals surface area contributed by atoms with Gasteiger partial charge in [0.25, 0.3) is 0 Å². The molecule has 0 amide bonds. The van der Waals surface area contributed by atoms with Gasteiger partial charge in [-0.3, -0.25) is 4.79 Å². The molecule has 0 aromatic carbocycles. The number of aliphatic carboxylic acids is 1. The van der Waals surface area contributed by atoms with Crippen molar-refractivity contribution in [1.82, 2.24) is 20.6 Å². The fourth-order valence-electron chi connectivity index (χ4n) is 0.452. The maximum absolute atomic E-state index is 10.3. The first-order valence-corrected chi connectivity index (χ1v) is 6.98. The largest absolute Gasteiger partial charge is 0.617 e. The molecule has 1 heterocycles. The molecule has 0 aliphatic rings. The molecule has 0 aliphatic carbocycles. The van der Waals surface area contributed by atoms with E-state index in [1.807, 2.05) is 0 Å². The van der Waals surface area contributed by atoms with Crippen molar-refractivity contribution in [3.8, 4) is 0 Å². The molecule has 10 heteroatoms. The second kappa shape index (κ2) is 8.33. The molecular formula is C6H13N5O3S2. The number of hydrogen-bond acceptors (Lipinski definition) is 7. The summed E-state index contributed by atoms with van der Waals surface area (Å²) < 4.78 is 9.56. The van der Waals surface area contributed by atoms with Crippen LogP contribution in [0.15, 0.2) is 5.16 Å². The van der Waals surface area contributed by atoms with E-state index in [0.717, 1.165) is 0 Å². The van der Waals surface area contributed by atoms with Crippen molar-refractivity contribution in [1.29, 1.82) is 0 Å². The summed E-state index contributed by atoms with van der Waals surface area (Å²) in [5.74, 6) is -0.790. The highest BCUT2D eigenvalue weighted by atomic mass is 32.2. The Labute approximate surface area is 99.5 Å². The van der Waals surface area contributed by atoms with Gasteiger partial charge < -0.3 is 15.4 Å². The van der Waals surface area contributed by atoms with Crippen molar-refractivity contribution >= 4 is 28.9 Å². The predicted molar refractivity (Wildman–Crippen MR) is 60.5 cm³/mol. The smallest absolute Gasteiger partial charge is 0.321 e. The number of rotatable bonds is 4. The fourth-order valence-corrected chi connectivity index (χ4v) is 1.13. The summed E-state index contributed by atoms with van der Waals surface area (Å²) in [6.07, 6.45) is 3.28. The predicted octanol–water partition coefficient (Wildman–Crippen LogP) is -1.30. The summed E-state index contributed by atoms with van der Waals surface area (Å²) in [5.41, 5.74) is 5.23. The molecule has 8 nitrogen and oxygen atoms in total. The molecular weight excluding hydrogens is 254 g/mol. The van der Waals surface area contributed by atoms with Gasteiger partial charge in [0, 0.05) is 5.75 Å². The van der Waals surface area contributed by atoms with Crippen LogP contribution in [0.1, 0.15) is 0 Å². The van der Waals surface area contributed by atoms with E-state index in [2.05, 4.69) is 20.6 Å². The number of H-pyrrole nitrogens is 1. The van der Waals surface area contributed by atoms with E-state index in [-0.39, 0.29) is 5.75 Å². The molecule has 1 aromatic rings. The summed E-state index contributed by atoms with van der Waals surface area (Å²) >= 11 is 0.555. The zero-order valence-corrected chi connectivity index (χ0v) is 10.4. The van der Waals surface area contributed by atoms with Crippen LogP contribution in [0.3, 0.4) is 0 Å². The molecule has 16 heavy (non-hydrogen) atoms. The number of thioether (sulfide) groups is 1. The van der Waals surface area contributed by atoms with Gasteiger partial charge in [-0.2, -0.15) is 0 Å². The van der Waals surface area contributed by atoms with E-state index in [0.29, 0.717) is 5.16 Å². The third-order valence-corrected chi connectivity index (χ3v) is 2.01. The zero-order valence-electron chi connectivity index (χ0n) is 8.78. The first-order chi connectivity index (χ1) is 7.43. The topological polar surface area (TPSA) is 141 Å². The van der Waals surface area contributed by atoms with Gasteiger partial charge in [-0.1, -0.05) is 22.9 Å². The van der Waals surface area contributed by atoms with Gasteiger partial charge in [-0.15, -0.1) is 5.10 Å². The molecule has 1 atom stereocenters. The number of nitrogens with one attached hydrogen (secondary N) is 1. The van der Waals surface area contributed by atoms with Gasteiger partial charge in [-0.25, -0.2) is 5.10 Å². The van der Waals surface area contributed by atoms with Gasteiger partial charge in [-0.05, 0) is 10.4 Å². The summed E-state index contributed by atoms with van der Waals surface area (Å²) in [7, 11) is 0. The standard InChI is InChI=1S/C4H7N5O2S.C2H6OS/c5-2(3(10)11)1-12-4-6-8-9-7-4;1-4(2)3/h2H,1,5H2,(H,10,11)(H,6,7,8,9);1-2H3/t2-;/m0./s1. The Hall–Kier alpha value is -0.840. The van der Waals surface area contributed by atoms with E-state index in [1.54, 1.807) is 12.5 Å². The van der Waals surface area contributed by atoms with Crippen LogP contribution in [0.2, 0.25) is 0 Å². The van der Waals surface area contributed by atoms with Crippen molar-refractivity contribution in [2.24, 2.45) is 5.73 Å². The summed E-state index contributed by atoms with van der Waals surface area (Å²) in [5, 5.41) is 21.5. The lowest BCUT2D eigenvalue weighted by Crippen LogP contribution is -2.32. The SMILES string of the molecule is C[S+](C)[O-].N[C@@H](CSc1nnn[nH]1)C(=O)O. The number of aromatic nitrogens is 4. The number of hydrogen-bond donors (Lipinski definition) is 3. The number of nitrogens with two attached hydrogens (primary N) is 1. The molecule has 0 bridgehead atoms. The molecule has 0 saturated heterocycles. The second-order valence-corrected chi connectivity index (χ2v) is 5.20. The second-order valence-electron chi connectivity index (χ2n) is 2.70. The quantitative estimate of drug-likeness (QED) is 0.451. The minimum absolute atomic E-state index is 0.242. The zero-order chi connectivity index (χ0) is 12.6. The number of aromatic amines is 1. The van der Waals surface area contributed by atoms with E-state index >= 15 is 0 Å². The normalized spacial score (nSPS) is 11.8. The molecule has 1 aromatic heterocycles. The molecule has 0 fully saturated rings. The molecule has 4 N–H and O–H groups in total. The van der Waals surface area contributed by atoms with Crippen molar-refractivity contribution in [2.45, 2.75) is 11.2 Å². The highest BCUT2D eigenvalue weighted by molar-refractivity contribution is 7.99. The molecule has 0 aliphatic heterocycles. The van der Waals surface area contributed by atoms with Gasteiger partial charge in [0.15, 0.2) is 0 Å². The lowest BCUT2D eigenvalue weighted by Gasteiger charge is -2.01. The lowest BCUT2D eigenvalue weighted by atomic mass is 10.4. The third kappa shape index (κ3) is 8.47.